The number of hydrogen-bond donors (Lipinski definition) is 0. The van der Waals surface area contributed by atoms with Crippen molar-refractivity contribution in [3.05, 3.63) is 45.1 Å². The van der Waals surface area contributed by atoms with E-state index in [1.54, 1.807) is 15.9 Å². The van der Waals surface area contributed by atoms with Crippen molar-refractivity contribution in [3.63, 3.8) is 0 Å². The van der Waals surface area contributed by atoms with Gasteiger partial charge < -0.3 is 4.74 Å². The van der Waals surface area contributed by atoms with Crippen LogP contribution in [0, 0.1) is 5.41 Å². The normalized spacial score (nSPS) is 13.6. The van der Waals surface area contributed by atoms with Crippen molar-refractivity contribution >= 4 is 39.1 Å². The summed E-state index contributed by atoms with van der Waals surface area (Å²) in [6, 6.07) is 7.48. The fourth-order valence-electron chi connectivity index (χ4n) is 3.55. The maximum absolute atomic E-state index is 13.6. The van der Waals surface area contributed by atoms with Crippen molar-refractivity contribution in [2.45, 2.75) is 52.1 Å². The van der Waals surface area contributed by atoms with Gasteiger partial charge in [-0.05, 0) is 56.0 Å². The van der Waals surface area contributed by atoms with Crippen LogP contribution < -0.4 is 10.3 Å². The second-order valence-electron chi connectivity index (χ2n) is 8.46. The number of carbonyl (C=O) groups is 1. The SMILES string of the molecule is CCOc1ccc(-n2c(SCC(=O)C(C)(C)C)nc3sc4c(c3c2=O)CCC4)cc1. The number of ether oxygens (including phenoxy) is 1. The van der Waals surface area contributed by atoms with Gasteiger partial charge in [0.2, 0.25) is 0 Å². The molecule has 1 aliphatic rings. The smallest absolute Gasteiger partial charge is 0.267 e. The first-order valence-corrected chi connectivity index (χ1v) is 12.1. The summed E-state index contributed by atoms with van der Waals surface area (Å²) >= 11 is 2.96. The van der Waals surface area contributed by atoms with Crippen molar-refractivity contribution in [1.82, 2.24) is 9.55 Å². The number of thiophene rings is 1. The molecular formula is C23H26N2O3S2. The van der Waals surface area contributed by atoms with Crippen LogP contribution in [0.1, 0.15) is 44.6 Å². The lowest BCUT2D eigenvalue weighted by atomic mass is 9.92. The first-order valence-electron chi connectivity index (χ1n) is 10.3. The highest BCUT2D eigenvalue weighted by Gasteiger charge is 2.26. The van der Waals surface area contributed by atoms with Gasteiger partial charge >= 0.3 is 0 Å². The predicted molar refractivity (Wildman–Crippen MR) is 124 cm³/mol. The number of aromatic nitrogens is 2. The molecule has 0 spiro atoms. The Labute approximate surface area is 184 Å². The first-order chi connectivity index (χ1) is 14.3. The topological polar surface area (TPSA) is 61.2 Å². The molecule has 158 valence electrons. The van der Waals surface area contributed by atoms with Gasteiger partial charge in [-0.1, -0.05) is 32.5 Å². The predicted octanol–water partition coefficient (Wildman–Crippen LogP) is 5.04. The fraction of sp³-hybridized carbons (Fsp3) is 0.435. The molecule has 3 aromatic rings. The third-order valence-corrected chi connectivity index (χ3v) is 7.41. The van der Waals surface area contributed by atoms with E-state index >= 15 is 0 Å². The Morgan fingerprint density at radius 3 is 2.63 bits per heavy atom. The zero-order chi connectivity index (χ0) is 21.5. The van der Waals surface area contributed by atoms with E-state index in [9.17, 15) is 9.59 Å². The number of thioether (sulfide) groups is 1. The molecule has 0 amide bonds. The minimum Gasteiger partial charge on any atom is -0.494 e. The van der Waals surface area contributed by atoms with Crippen molar-refractivity contribution in [2.24, 2.45) is 5.41 Å². The molecule has 5 nitrogen and oxygen atoms in total. The van der Waals surface area contributed by atoms with Crippen LogP contribution in [0.25, 0.3) is 15.9 Å². The number of nitrogens with zero attached hydrogens (tertiary/aromatic N) is 2. The van der Waals surface area contributed by atoms with Gasteiger partial charge in [-0.25, -0.2) is 4.98 Å². The van der Waals surface area contributed by atoms with Crippen LogP contribution in [0.15, 0.2) is 34.2 Å². The zero-order valence-electron chi connectivity index (χ0n) is 17.8. The van der Waals surface area contributed by atoms with Crippen LogP contribution in [0.3, 0.4) is 0 Å². The summed E-state index contributed by atoms with van der Waals surface area (Å²) in [5, 5.41) is 1.31. The fourth-order valence-corrected chi connectivity index (χ4v) is 6.03. The van der Waals surface area contributed by atoms with Crippen LogP contribution in [-0.4, -0.2) is 27.7 Å². The molecule has 0 saturated carbocycles. The maximum atomic E-state index is 13.6. The molecule has 0 radical (unpaired) electrons. The number of hydrogen-bond acceptors (Lipinski definition) is 6. The highest BCUT2D eigenvalue weighted by Crippen LogP contribution is 2.36. The molecule has 0 atom stereocenters. The van der Waals surface area contributed by atoms with E-state index in [0.29, 0.717) is 11.8 Å². The number of benzene rings is 1. The summed E-state index contributed by atoms with van der Waals surface area (Å²) in [4.78, 5) is 33.1. The van der Waals surface area contributed by atoms with Gasteiger partial charge in [0.05, 0.1) is 23.4 Å². The molecule has 0 fully saturated rings. The number of ketones is 1. The van der Waals surface area contributed by atoms with Gasteiger partial charge in [0.25, 0.3) is 5.56 Å². The molecule has 0 aliphatic heterocycles. The molecule has 7 heteroatoms. The molecule has 0 N–H and O–H groups in total. The molecule has 2 heterocycles. The second-order valence-corrected chi connectivity index (χ2v) is 10.5. The minimum atomic E-state index is -0.425. The van der Waals surface area contributed by atoms with Crippen LogP contribution in [0.5, 0.6) is 5.75 Å². The Bertz CT molecular complexity index is 1150. The van der Waals surface area contributed by atoms with Crippen molar-refractivity contribution < 1.29 is 9.53 Å². The van der Waals surface area contributed by atoms with Crippen LogP contribution in [0.2, 0.25) is 0 Å². The summed E-state index contributed by atoms with van der Waals surface area (Å²) in [6.07, 6.45) is 3.05. The lowest BCUT2D eigenvalue weighted by Gasteiger charge is -2.17. The van der Waals surface area contributed by atoms with E-state index in [1.165, 1.54) is 16.6 Å². The standard InChI is InChI=1S/C23H26N2O3S2/c1-5-28-15-11-9-14(10-12-15)25-21(27)19-16-7-6-8-17(16)30-20(19)24-22(25)29-13-18(26)23(2,3)4/h9-12H,5-8,13H2,1-4H3. The van der Waals surface area contributed by atoms with Gasteiger partial charge in [-0.2, -0.15) is 0 Å². The molecule has 1 aromatic carbocycles. The maximum Gasteiger partial charge on any atom is 0.267 e. The summed E-state index contributed by atoms with van der Waals surface area (Å²) in [5.74, 6) is 1.18. The van der Waals surface area contributed by atoms with Crippen molar-refractivity contribution in [2.75, 3.05) is 12.4 Å². The van der Waals surface area contributed by atoms with Gasteiger partial charge in [0.1, 0.15) is 16.4 Å². The van der Waals surface area contributed by atoms with Crippen molar-refractivity contribution in [3.8, 4) is 11.4 Å². The van der Waals surface area contributed by atoms with E-state index in [1.807, 2.05) is 52.0 Å². The Balaban J connectivity index is 1.83. The summed E-state index contributed by atoms with van der Waals surface area (Å²) in [6.45, 7) is 8.26. The number of aryl methyl sites for hydroxylation is 2. The summed E-state index contributed by atoms with van der Waals surface area (Å²) in [7, 11) is 0. The lowest BCUT2D eigenvalue weighted by molar-refractivity contribution is -0.123. The highest BCUT2D eigenvalue weighted by atomic mass is 32.2. The third-order valence-electron chi connectivity index (χ3n) is 5.28. The molecule has 4 rings (SSSR count). The lowest BCUT2D eigenvalue weighted by Crippen LogP contribution is -2.25. The summed E-state index contributed by atoms with van der Waals surface area (Å²) in [5.41, 5.74) is 1.43. The molecular weight excluding hydrogens is 416 g/mol. The van der Waals surface area contributed by atoms with Crippen LogP contribution in [-0.2, 0) is 17.6 Å². The average Bonchev–Trinajstić information content (AvgIpc) is 3.27. The van der Waals surface area contributed by atoms with Gasteiger partial charge in [-0.3, -0.25) is 14.2 Å². The van der Waals surface area contributed by atoms with E-state index in [4.69, 9.17) is 9.72 Å². The Morgan fingerprint density at radius 2 is 1.97 bits per heavy atom. The third kappa shape index (κ3) is 3.93. The first kappa shape index (κ1) is 21.1. The molecule has 0 saturated heterocycles. The van der Waals surface area contributed by atoms with E-state index in [2.05, 4.69) is 0 Å². The molecule has 2 aromatic heterocycles. The van der Waals surface area contributed by atoms with E-state index in [-0.39, 0.29) is 17.1 Å². The Kier molecular flexibility index (Phi) is 5.77. The average molecular weight is 443 g/mol. The second kappa shape index (κ2) is 8.19. The van der Waals surface area contributed by atoms with E-state index < -0.39 is 5.41 Å². The van der Waals surface area contributed by atoms with Gasteiger partial charge in [-0.15, -0.1) is 11.3 Å². The molecule has 30 heavy (non-hydrogen) atoms. The molecule has 0 bridgehead atoms. The Morgan fingerprint density at radius 1 is 1.23 bits per heavy atom. The number of fused-ring (bicyclic) bond motifs is 3. The number of carbonyl (C=O) groups excluding carboxylic acids is 1. The van der Waals surface area contributed by atoms with Crippen LogP contribution in [0.4, 0.5) is 0 Å². The molecule has 1 aliphatic carbocycles. The Hall–Kier alpha value is -2.12. The highest BCUT2D eigenvalue weighted by molar-refractivity contribution is 7.99. The van der Waals surface area contributed by atoms with Crippen LogP contribution >= 0.6 is 23.1 Å². The minimum absolute atomic E-state index is 0.0470. The quantitative estimate of drug-likeness (QED) is 0.395. The number of rotatable bonds is 6. The largest absolute Gasteiger partial charge is 0.494 e. The monoisotopic (exact) mass is 442 g/mol. The number of Topliss-reactive ketones (excluding diaryl/α,β-unsaturated/α-hetero) is 1. The summed E-state index contributed by atoms with van der Waals surface area (Å²) < 4.78 is 7.20. The van der Waals surface area contributed by atoms with Crippen molar-refractivity contribution in [1.29, 1.82) is 0 Å². The van der Waals surface area contributed by atoms with E-state index in [0.717, 1.165) is 46.5 Å². The zero-order valence-corrected chi connectivity index (χ0v) is 19.4. The van der Waals surface area contributed by atoms with Gasteiger partial charge in [0, 0.05) is 10.3 Å². The molecule has 0 unspecified atom stereocenters. The van der Waals surface area contributed by atoms with Gasteiger partial charge in [0.15, 0.2) is 5.16 Å².